The van der Waals surface area contributed by atoms with Gasteiger partial charge in [-0.2, -0.15) is 0 Å². The third-order valence-corrected chi connectivity index (χ3v) is 11.1. The first-order chi connectivity index (χ1) is 27.6. The Kier molecular flexibility index (Phi) is 7.49. The summed E-state index contributed by atoms with van der Waals surface area (Å²) in [4.78, 5) is 12.6. The van der Waals surface area contributed by atoms with Gasteiger partial charge in [-0.3, -0.25) is 0 Å². The van der Waals surface area contributed by atoms with Gasteiger partial charge < -0.3 is 18.9 Å². The van der Waals surface area contributed by atoms with Gasteiger partial charge in [0, 0.05) is 40.7 Å². The number of fused-ring (bicyclic) bond motifs is 6. The zero-order chi connectivity index (χ0) is 37.2. The number of nitrogens with zero attached hydrogens (tertiary/aromatic N) is 4. The van der Waals surface area contributed by atoms with E-state index in [4.69, 9.17) is 19.5 Å². The number of aliphatic imine (C=N–C) groups is 2. The molecule has 11 rings (SSSR count). The lowest BCUT2D eigenvalue weighted by atomic mass is 10.0. The van der Waals surface area contributed by atoms with Crippen LogP contribution in [0.5, 0.6) is 23.0 Å². The second kappa shape index (κ2) is 13.0. The zero-order valence-corrected chi connectivity index (χ0v) is 30.8. The Morgan fingerprint density at radius 3 is 2.00 bits per heavy atom. The molecule has 0 radical (unpaired) electrons. The van der Waals surface area contributed by atoms with Crippen molar-refractivity contribution >= 4 is 44.2 Å². The molecule has 0 bridgehead atoms. The molecule has 0 saturated heterocycles. The van der Waals surface area contributed by atoms with E-state index in [0.29, 0.717) is 17.2 Å². The summed E-state index contributed by atoms with van der Waals surface area (Å²) >= 11 is 0. The molecule has 6 nitrogen and oxygen atoms in total. The standard InChI is InChI=1S/C50H36N4O2/c1-53-49(32-14-4-2-5-15-32)51-48(52-50(53)33-16-6-3-7-17-33)38-22-12-20-34(26-38)35-21-13-23-39(27-35)54-42-25-11-10-24-40(42)41-30-46-47(31-43(41)54)56-45-29-37-19-9-8-18-36(37)28-44(45)55-46/h2,4-6,8-31,50H,3,7H2,1H3. The molecule has 0 spiro atoms. The first kappa shape index (κ1) is 32.3. The number of para-hydroxylation sites is 1. The van der Waals surface area contributed by atoms with Crippen LogP contribution in [0.4, 0.5) is 0 Å². The summed E-state index contributed by atoms with van der Waals surface area (Å²) in [7, 11) is 2.09. The molecule has 3 aliphatic rings. The van der Waals surface area contributed by atoms with Crippen molar-refractivity contribution in [2.45, 2.75) is 19.0 Å². The molecule has 8 aromatic rings. The van der Waals surface area contributed by atoms with E-state index in [1.165, 1.54) is 5.57 Å². The lowest BCUT2D eigenvalue weighted by Crippen LogP contribution is -2.41. The van der Waals surface area contributed by atoms with E-state index in [1.54, 1.807) is 0 Å². The number of rotatable bonds is 5. The van der Waals surface area contributed by atoms with Crippen molar-refractivity contribution in [1.82, 2.24) is 9.47 Å². The number of likely N-dealkylation sites (N-methyl/N-ethyl adjacent to an activating group) is 1. The first-order valence-electron chi connectivity index (χ1n) is 19.1. The Bertz CT molecular complexity index is 3010. The van der Waals surface area contributed by atoms with Gasteiger partial charge in [0.1, 0.15) is 12.0 Å². The van der Waals surface area contributed by atoms with Crippen molar-refractivity contribution in [2.75, 3.05) is 7.05 Å². The largest absolute Gasteiger partial charge is 0.449 e. The minimum Gasteiger partial charge on any atom is -0.449 e. The Balaban J connectivity index is 1.000. The fourth-order valence-corrected chi connectivity index (χ4v) is 8.32. The molecule has 1 atom stereocenters. The Morgan fingerprint density at radius 1 is 0.554 bits per heavy atom. The predicted octanol–water partition coefficient (Wildman–Crippen LogP) is 12.2. The van der Waals surface area contributed by atoms with Gasteiger partial charge >= 0.3 is 0 Å². The van der Waals surface area contributed by atoms with Crippen molar-refractivity contribution in [3.8, 4) is 39.8 Å². The highest BCUT2D eigenvalue weighted by Crippen LogP contribution is 2.49. The lowest BCUT2D eigenvalue weighted by molar-refractivity contribution is 0.361. The summed E-state index contributed by atoms with van der Waals surface area (Å²) in [6, 6.07) is 52.9. The molecule has 56 heavy (non-hydrogen) atoms. The van der Waals surface area contributed by atoms with E-state index in [1.807, 2.05) is 18.2 Å². The minimum atomic E-state index is -0.163. The number of amidine groups is 2. The molecular weight excluding hydrogens is 689 g/mol. The van der Waals surface area contributed by atoms with Crippen molar-refractivity contribution in [3.05, 3.63) is 187 Å². The SMILES string of the molecule is CN1C(c2ccccc2)=NC(c2cccc(-c3cccc(-n4c5ccccc5c5cc6c(cc54)Oc4cc5ccccc5cc4O6)c3)c2)=NC1C1=CCCC=C1. The molecule has 7 aromatic carbocycles. The van der Waals surface area contributed by atoms with E-state index < -0.39 is 0 Å². The number of benzene rings is 7. The quantitative estimate of drug-likeness (QED) is 0.178. The maximum atomic E-state index is 6.56. The molecule has 3 heterocycles. The van der Waals surface area contributed by atoms with E-state index in [9.17, 15) is 0 Å². The molecule has 1 unspecified atom stereocenters. The van der Waals surface area contributed by atoms with Gasteiger partial charge in [-0.1, -0.05) is 121 Å². The molecule has 0 saturated carbocycles. The zero-order valence-electron chi connectivity index (χ0n) is 30.8. The first-order valence-corrected chi connectivity index (χ1v) is 19.1. The number of hydrogen-bond acceptors (Lipinski definition) is 5. The molecule has 1 aromatic heterocycles. The fraction of sp³-hybridized carbons (Fsp3) is 0.0800. The predicted molar refractivity (Wildman–Crippen MR) is 228 cm³/mol. The Hall–Kier alpha value is -7.18. The molecule has 268 valence electrons. The Labute approximate surface area is 324 Å². The van der Waals surface area contributed by atoms with Crippen molar-refractivity contribution < 1.29 is 9.47 Å². The van der Waals surface area contributed by atoms with Crippen molar-refractivity contribution in [2.24, 2.45) is 9.98 Å². The summed E-state index contributed by atoms with van der Waals surface area (Å²) in [6.07, 6.45) is 8.68. The average Bonchev–Trinajstić information content (AvgIpc) is 3.58. The topological polar surface area (TPSA) is 51.4 Å². The van der Waals surface area contributed by atoms with E-state index in [-0.39, 0.29) is 6.17 Å². The van der Waals surface area contributed by atoms with Gasteiger partial charge in [0.15, 0.2) is 28.8 Å². The highest BCUT2D eigenvalue weighted by molar-refractivity contribution is 6.13. The fourth-order valence-electron chi connectivity index (χ4n) is 8.32. The van der Waals surface area contributed by atoms with Crippen LogP contribution in [0.2, 0.25) is 0 Å². The summed E-state index contributed by atoms with van der Waals surface area (Å²) in [5.74, 6) is 4.48. The van der Waals surface area contributed by atoms with Crippen LogP contribution in [-0.4, -0.2) is 34.4 Å². The maximum absolute atomic E-state index is 6.56. The molecule has 0 fully saturated rings. The van der Waals surface area contributed by atoms with Crippen LogP contribution < -0.4 is 9.47 Å². The van der Waals surface area contributed by atoms with E-state index in [2.05, 4.69) is 168 Å². The second-order valence-electron chi connectivity index (χ2n) is 14.6. The van der Waals surface area contributed by atoms with Crippen LogP contribution in [0.15, 0.2) is 185 Å². The van der Waals surface area contributed by atoms with Crippen LogP contribution >= 0.6 is 0 Å². The highest BCUT2D eigenvalue weighted by Gasteiger charge is 2.28. The molecule has 1 aliphatic carbocycles. The number of hydrogen-bond donors (Lipinski definition) is 0. The third-order valence-electron chi connectivity index (χ3n) is 11.1. The van der Waals surface area contributed by atoms with Gasteiger partial charge in [0.05, 0.1) is 11.0 Å². The third kappa shape index (κ3) is 5.41. The van der Waals surface area contributed by atoms with Gasteiger partial charge in [-0.05, 0) is 82.8 Å². The lowest BCUT2D eigenvalue weighted by Gasteiger charge is -2.33. The smallest absolute Gasteiger partial charge is 0.172 e. The van der Waals surface area contributed by atoms with Gasteiger partial charge in [0.25, 0.3) is 0 Å². The summed E-state index contributed by atoms with van der Waals surface area (Å²) in [5, 5.41) is 4.48. The molecule has 6 heteroatoms. The normalized spacial score (nSPS) is 16.1. The number of aromatic nitrogens is 1. The van der Waals surface area contributed by atoms with Crippen molar-refractivity contribution in [3.63, 3.8) is 0 Å². The van der Waals surface area contributed by atoms with Gasteiger partial charge in [-0.25, -0.2) is 9.98 Å². The van der Waals surface area contributed by atoms with Crippen LogP contribution in [0.1, 0.15) is 24.0 Å². The van der Waals surface area contributed by atoms with Crippen LogP contribution in [0.3, 0.4) is 0 Å². The minimum absolute atomic E-state index is 0.163. The molecule has 0 amide bonds. The van der Waals surface area contributed by atoms with Gasteiger partial charge in [0.2, 0.25) is 0 Å². The van der Waals surface area contributed by atoms with E-state index >= 15 is 0 Å². The van der Waals surface area contributed by atoms with Gasteiger partial charge in [-0.15, -0.1) is 0 Å². The van der Waals surface area contributed by atoms with Crippen LogP contribution in [-0.2, 0) is 0 Å². The summed E-state index contributed by atoms with van der Waals surface area (Å²) in [6.45, 7) is 0. The Morgan fingerprint density at radius 2 is 1.21 bits per heavy atom. The highest BCUT2D eigenvalue weighted by atomic mass is 16.6. The van der Waals surface area contributed by atoms with E-state index in [0.717, 1.165) is 90.8 Å². The van der Waals surface area contributed by atoms with Crippen LogP contribution in [0.25, 0.3) is 49.4 Å². The monoisotopic (exact) mass is 724 g/mol. The summed E-state index contributed by atoms with van der Waals surface area (Å²) < 4.78 is 15.4. The van der Waals surface area contributed by atoms with Crippen LogP contribution in [0, 0.1) is 0 Å². The summed E-state index contributed by atoms with van der Waals surface area (Å²) in [5.41, 5.74) is 8.65. The maximum Gasteiger partial charge on any atom is 0.172 e. The number of allylic oxidation sites excluding steroid dienone is 2. The van der Waals surface area contributed by atoms with Crippen molar-refractivity contribution in [1.29, 1.82) is 0 Å². The number of ether oxygens (including phenoxy) is 2. The molecule has 2 aliphatic heterocycles. The molecule has 0 N–H and O–H groups in total. The molecular formula is C50H36N4O2. The second-order valence-corrected chi connectivity index (χ2v) is 14.6. The average molecular weight is 725 g/mol.